The highest BCUT2D eigenvalue weighted by Crippen LogP contribution is 2.47. The van der Waals surface area contributed by atoms with Crippen molar-refractivity contribution < 1.29 is 58.3 Å². The molecule has 0 heterocycles. The lowest BCUT2D eigenvalue weighted by Gasteiger charge is -2.41. The first-order valence-electron chi connectivity index (χ1n) is 32.4. The van der Waals surface area contributed by atoms with Crippen molar-refractivity contribution in [3.63, 3.8) is 0 Å². The SMILES string of the molecule is CCCCCCCCCCCCCCCCCCCCCCCCCCCCCCC(=O)O[C@H](COCCCCCCCCCCCCCCCCCCCCCC)COP(=O)(O)OC1C(O)C(O)C(O)[C@@H](O)C1O. The summed E-state index contributed by atoms with van der Waals surface area (Å²) in [7, 11) is -5.02. The predicted molar refractivity (Wildman–Crippen MR) is 309 cm³/mol. The summed E-state index contributed by atoms with van der Waals surface area (Å²) in [6.45, 7) is 4.36. The van der Waals surface area contributed by atoms with Crippen LogP contribution in [-0.4, -0.2) is 98.9 Å². The molecule has 0 aromatic carbocycles. The Bertz CT molecular complexity index is 1250. The molecule has 0 amide bonds. The van der Waals surface area contributed by atoms with E-state index in [9.17, 15) is 39.8 Å². The lowest BCUT2D eigenvalue weighted by molar-refractivity contribution is -0.220. The lowest BCUT2D eigenvalue weighted by Crippen LogP contribution is -2.64. The van der Waals surface area contributed by atoms with E-state index in [1.165, 1.54) is 263 Å². The Kier molecular flexibility index (Phi) is 50.8. The molecule has 8 atom stereocenters. The zero-order chi connectivity index (χ0) is 54.7. The van der Waals surface area contributed by atoms with Crippen LogP contribution in [0.15, 0.2) is 0 Å². The second-order valence-electron chi connectivity index (χ2n) is 23.0. The van der Waals surface area contributed by atoms with Crippen molar-refractivity contribution in [3.05, 3.63) is 0 Å². The fraction of sp³-hybridized carbons (Fsp3) is 0.984. The number of carbonyl (C=O) groups excluding carboxylic acids is 1. The third-order valence-corrected chi connectivity index (χ3v) is 16.7. The van der Waals surface area contributed by atoms with Crippen LogP contribution in [0.1, 0.15) is 328 Å². The van der Waals surface area contributed by atoms with Crippen LogP contribution in [0.4, 0.5) is 0 Å². The minimum atomic E-state index is -5.02. The molecule has 0 radical (unpaired) electrons. The Labute approximate surface area is 461 Å². The summed E-state index contributed by atoms with van der Waals surface area (Å²) < 4.78 is 34.5. The Morgan fingerprint density at radius 3 is 0.920 bits per heavy atom. The number of carbonyl (C=O) groups is 1. The molecule has 0 aliphatic heterocycles. The highest BCUT2D eigenvalue weighted by atomic mass is 31.2. The molecule has 0 bridgehead atoms. The number of aliphatic hydroxyl groups excluding tert-OH is 5. The van der Waals surface area contributed by atoms with Gasteiger partial charge in [-0.25, -0.2) is 4.57 Å². The molecule has 1 aliphatic rings. The summed E-state index contributed by atoms with van der Waals surface area (Å²) in [4.78, 5) is 23.4. The number of hydrogen-bond donors (Lipinski definition) is 6. The zero-order valence-corrected chi connectivity index (χ0v) is 49.8. The standard InChI is InChI=1S/C62H123O12P/c1-3-5-7-9-11-13-15-17-19-21-23-25-26-27-28-29-30-31-32-33-35-37-39-41-43-45-47-49-51-56(63)73-55(54-72-75(69,70)74-62-60(67)58(65)57(64)59(66)61(62)68)53-71-52-50-48-46-44-42-40-38-36-34-24-22-20-18-16-14-12-10-8-6-4-2/h55,57-62,64-68H,3-54H2,1-2H3,(H,69,70)/t55-,57?,58-,59?,60?,61?,62?/m1/s1. The van der Waals surface area contributed by atoms with Gasteiger partial charge in [-0.1, -0.05) is 309 Å². The van der Waals surface area contributed by atoms with Gasteiger partial charge in [-0.05, 0) is 12.8 Å². The van der Waals surface area contributed by atoms with Crippen molar-refractivity contribution in [2.24, 2.45) is 0 Å². The lowest BCUT2D eigenvalue weighted by atomic mass is 9.85. The minimum Gasteiger partial charge on any atom is -0.457 e. The van der Waals surface area contributed by atoms with Gasteiger partial charge in [0, 0.05) is 13.0 Å². The number of hydrogen-bond acceptors (Lipinski definition) is 11. The van der Waals surface area contributed by atoms with Crippen LogP contribution in [0.2, 0.25) is 0 Å². The van der Waals surface area contributed by atoms with Gasteiger partial charge >= 0.3 is 13.8 Å². The predicted octanol–water partition coefficient (Wildman–Crippen LogP) is 16.4. The van der Waals surface area contributed by atoms with E-state index in [2.05, 4.69) is 13.8 Å². The summed E-state index contributed by atoms with van der Waals surface area (Å²) >= 11 is 0. The molecule has 1 rings (SSSR count). The molecule has 13 heteroatoms. The Morgan fingerprint density at radius 1 is 0.373 bits per heavy atom. The molecule has 0 aromatic rings. The molecule has 0 spiro atoms. The van der Waals surface area contributed by atoms with Gasteiger partial charge in [0.2, 0.25) is 0 Å². The third-order valence-electron chi connectivity index (χ3n) is 15.7. The second-order valence-corrected chi connectivity index (χ2v) is 24.4. The third kappa shape index (κ3) is 43.8. The highest BCUT2D eigenvalue weighted by molar-refractivity contribution is 7.47. The minimum absolute atomic E-state index is 0.0667. The summed E-state index contributed by atoms with van der Waals surface area (Å²) in [5.41, 5.74) is 0. The smallest absolute Gasteiger partial charge is 0.457 e. The van der Waals surface area contributed by atoms with Crippen molar-refractivity contribution >= 4 is 13.8 Å². The topological polar surface area (TPSA) is 192 Å². The van der Waals surface area contributed by atoms with E-state index >= 15 is 0 Å². The quantitative estimate of drug-likeness (QED) is 0.0192. The molecular weight excluding hydrogens is 968 g/mol. The van der Waals surface area contributed by atoms with E-state index in [-0.39, 0.29) is 13.0 Å². The van der Waals surface area contributed by atoms with E-state index in [4.69, 9.17) is 18.5 Å². The molecular formula is C62H123O12P. The number of unbranched alkanes of at least 4 members (excludes halogenated alkanes) is 46. The number of aliphatic hydroxyl groups is 5. The molecule has 1 fully saturated rings. The number of esters is 1. The van der Waals surface area contributed by atoms with Crippen LogP contribution in [-0.2, 0) is 27.9 Å². The van der Waals surface area contributed by atoms with Gasteiger partial charge in [-0.3, -0.25) is 13.8 Å². The molecule has 448 valence electrons. The van der Waals surface area contributed by atoms with Crippen molar-refractivity contribution in [3.8, 4) is 0 Å². The molecule has 6 unspecified atom stereocenters. The Balaban J connectivity index is 2.19. The van der Waals surface area contributed by atoms with Crippen LogP contribution in [0.5, 0.6) is 0 Å². The van der Waals surface area contributed by atoms with Gasteiger partial charge in [0.1, 0.15) is 42.7 Å². The van der Waals surface area contributed by atoms with Gasteiger partial charge < -0.3 is 39.9 Å². The normalized spacial score (nSPS) is 20.2. The van der Waals surface area contributed by atoms with E-state index in [0.29, 0.717) is 13.0 Å². The van der Waals surface area contributed by atoms with Gasteiger partial charge in [-0.2, -0.15) is 0 Å². The van der Waals surface area contributed by atoms with Crippen LogP contribution in [0.3, 0.4) is 0 Å². The van der Waals surface area contributed by atoms with Crippen molar-refractivity contribution in [2.45, 2.75) is 371 Å². The molecule has 1 aliphatic carbocycles. The fourth-order valence-electron chi connectivity index (χ4n) is 10.7. The maximum Gasteiger partial charge on any atom is 0.472 e. The summed E-state index contributed by atoms with van der Waals surface area (Å²) in [6, 6.07) is 0. The average Bonchev–Trinajstić information content (AvgIpc) is 3.40. The maximum absolute atomic E-state index is 12.9. The fourth-order valence-corrected chi connectivity index (χ4v) is 11.6. The van der Waals surface area contributed by atoms with Crippen LogP contribution >= 0.6 is 7.82 Å². The number of phosphoric acid groups is 1. The molecule has 6 N–H and O–H groups in total. The Morgan fingerprint density at radius 2 is 0.627 bits per heavy atom. The Hall–Kier alpha value is -0.660. The first-order chi connectivity index (χ1) is 36.5. The van der Waals surface area contributed by atoms with Crippen molar-refractivity contribution in [1.82, 2.24) is 0 Å². The summed E-state index contributed by atoms with van der Waals surface area (Å²) in [5, 5.41) is 50.5. The second kappa shape index (κ2) is 52.7. The number of phosphoric ester groups is 1. The summed E-state index contributed by atoms with van der Waals surface area (Å²) in [6.07, 6.45) is 50.5. The van der Waals surface area contributed by atoms with E-state index in [1.807, 2.05) is 0 Å². The molecule has 12 nitrogen and oxygen atoms in total. The average molecular weight is 1090 g/mol. The van der Waals surface area contributed by atoms with Gasteiger partial charge in [0.25, 0.3) is 0 Å². The maximum atomic E-state index is 12.9. The van der Waals surface area contributed by atoms with E-state index in [1.54, 1.807) is 0 Å². The molecule has 0 aromatic heterocycles. The van der Waals surface area contributed by atoms with Gasteiger partial charge in [-0.15, -0.1) is 0 Å². The molecule has 0 saturated heterocycles. The van der Waals surface area contributed by atoms with E-state index < -0.39 is 63.1 Å². The van der Waals surface area contributed by atoms with Gasteiger partial charge in [0.15, 0.2) is 0 Å². The molecule has 75 heavy (non-hydrogen) atoms. The number of rotatable bonds is 58. The first kappa shape index (κ1) is 72.4. The highest BCUT2D eigenvalue weighted by Gasteiger charge is 2.51. The monoisotopic (exact) mass is 1090 g/mol. The van der Waals surface area contributed by atoms with Crippen LogP contribution in [0.25, 0.3) is 0 Å². The van der Waals surface area contributed by atoms with Gasteiger partial charge in [0.05, 0.1) is 13.2 Å². The van der Waals surface area contributed by atoms with Crippen LogP contribution in [0, 0.1) is 0 Å². The largest absolute Gasteiger partial charge is 0.472 e. The van der Waals surface area contributed by atoms with Crippen molar-refractivity contribution in [1.29, 1.82) is 0 Å². The zero-order valence-electron chi connectivity index (χ0n) is 48.9. The molecule has 1 saturated carbocycles. The summed E-state index contributed by atoms with van der Waals surface area (Å²) in [5.74, 6) is -0.465. The number of ether oxygens (including phenoxy) is 2. The first-order valence-corrected chi connectivity index (χ1v) is 33.9. The van der Waals surface area contributed by atoms with E-state index in [0.717, 1.165) is 38.5 Å². The van der Waals surface area contributed by atoms with Crippen LogP contribution < -0.4 is 0 Å². The van der Waals surface area contributed by atoms with Crippen molar-refractivity contribution in [2.75, 3.05) is 19.8 Å².